The third-order valence-corrected chi connectivity index (χ3v) is 12.2. The van der Waals surface area contributed by atoms with E-state index in [9.17, 15) is 10.2 Å². The molecule has 3 heterocycles. The van der Waals surface area contributed by atoms with E-state index in [4.69, 9.17) is 24.4 Å². The van der Waals surface area contributed by atoms with E-state index in [1.54, 1.807) is 12.1 Å². The van der Waals surface area contributed by atoms with E-state index >= 15 is 0 Å². The van der Waals surface area contributed by atoms with Gasteiger partial charge in [-0.05, 0) is 123 Å². The summed E-state index contributed by atoms with van der Waals surface area (Å²) in [5.74, 6) is 1.93. The number of rotatable bonds is 13. The van der Waals surface area contributed by atoms with E-state index in [1.165, 1.54) is 62.5 Å². The monoisotopic (exact) mass is 691 g/mol. The second-order valence-corrected chi connectivity index (χ2v) is 16.2. The molecule has 4 aliphatic rings. The van der Waals surface area contributed by atoms with Crippen LogP contribution in [0.3, 0.4) is 0 Å². The number of nitrogens with one attached hydrogen (secondary N) is 1. The lowest BCUT2D eigenvalue weighted by Gasteiger charge is -2.38. The second kappa shape index (κ2) is 16.4. The van der Waals surface area contributed by atoms with Gasteiger partial charge < -0.3 is 30.2 Å². The summed E-state index contributed by atoms with van der Waals surface area (Å²) >= 11 is 12.3. The standard InChI is InChI=1S/C39H57N5O2S2/c1-28(2)20-34(25-41-19-7-10-32(41)26-42-33(23-40-38(42)47)21-29-11-15-36(45)16-12-29)44-27-35(22-30-13-17-37(46)18-14-30)43(39(44)48)24-31-8-5-3-4-6-9-31/h11-18,28,31-35,45-46H,3-10,19-27H2,1-2H3,(H,40,47)/t32-,33+,34+,35+/m1/s1. The molecule has 0 radical (unpaired) electrons. The molecule has 2 aromatic carbocycles. The first-order valence-electron chi connectivity index (χ1n) is 18.6. The van der Waals surface area contributed by atoms with Crippen molar-refractivity contribution in [2.24, 2.45) is 11.8 Å². The number of aromatic hydroxyl groups is 2. The van der Waals surface area contributed by atoms with Gasteiger partial charge in [0, 0.05) is 44.8 Å². The Bertz CT molecular complexity index is 1350. The van der Waals surface area contributed by atoms with Crippen molar-refractivity contribution in [3.8, 4) is 11.5 Å². The van der Waals surface area contributed by atoms with Gasteiger partial charge in [0.2, 0.25) is 0 Å². The van der Waals surface area contributed by atoms with Crippen molar-refractivity contribution < 1.29 is 10.2 Å². The van der Waals surface area contributed by atoms with Crippen LogP contribution in [0.15, 0.2) is 48.5 Å². The van der Waals surface area contributed by atoms with Crippen molar-refractivity contribution in [2.75, 3.05) is 39.3 Å². The van der Waals surface area contributed by atoms with Crippen LogP contribution in [0.5, 0.6) is 11.5 Å². The first kappa shape index (κ1) is 35.2. The van der Waals surface area contributed by atoms with Crippen molar-refractivity contribution in [1.29, 1.82) is 0 Å². The molecule has 3 aliphatic heterocycles. The first-order chi connectivity index (χ1) is 23.2. The highest BCUT2D eigenvalue weighted by atomic mass is 32.1. The Balaban J connectivity index is 1.16. The highest BCUT2D eigenvalue weighted by Crippen LogP contribution is 2.32. The molecular formula is C39H57N5O2S2. The average molecular weight is 692 g/mol. The molecule has 1 aliphatic carbocycles. The number of nitrogens with zero attached hydrogens (tertiary/aromatic N) is 4. The Labute approximate surface area is 299 Å². The molecule has 0 amide bonds. The van der Waals surface area contributed by atoms with Crippen LogP contribution in [-0.2, 0) is 12.8 Å². The molecule has 0 bridgehead atoms. The average Bonchev–Trinajstić information content (AvgIpc) is 3.65. The van der Waals surface area contributed by atoms with Crippen LogP contribution < -0.4 is 5.32 Å². The number of likely N-dealkylation sites (tertiary alicyclic amines) is 1. The molecule has 7 nitrogen and oxygen atoms in total. The first-order valence-corrected chi connectivity index (χ1v) is 19.5. The summed E-state index contributed by atoms with van der Waals surface area (Å²) in [4.78, 5) is 10.4. The van der Waals surface area contributed by atoms with Gasteiger partial charge in [-0.25, -0.2) is 0 Å². The van der Waals surface area contributed by atoms with Gasteiger partial charge in [-0.3, -0.25) is 4.90 Å². The second-order valence-electron chi connectivity index (χ2n) is 15.4. The number of phenolic OH excluding ortho intramolecular Hbond substituents is 2. The highest BCUT2D eigenvalue weighted by molar-refractivity contribution is 7.80. The third-order valence-electron chi connectivity index (χ3n) is 11.3. The molecule has 0 aromatic heterocycles. The lowest BCUT2D eigenvalue weighted by Crippen LogP contribution is -2.51. The minimum atomic E-state index is 0.310. The maximum atomic E-state index is 9.94. The fourth-order valence-corrected chi connectivity index (χ4v) is 9.50. The van der Waals surface area contributed by atoms with Crippen molar-refractivity contribution in [3.05, 3.63) is 59.7 Å². The van der Waals surface area contributed by atoms with Gasteiger partial charge in [0.25, 0.3) is 0 Å². The van der Waals surface area contributed by atoms with Crippen LogP contribution in [0.4, 0.5) is 0 Å². The minimum absolute atomic E-state index is 0.310. The molecule has 0 unspecified atom stereocenters. The van der Waals surface area contributed by atoms with Crippen LogP contribution in [0.2, 0.25) is 0 Å². The maximum Gasteiger partial charge on any atom is 0.172 e. The number of phenols is 2. The number of hydrogen-bond donors (Lipinski definition) is 3. The van der Waals surface area contributed by atoms with E-state index in [1.807, 2.05) is 24.3 Å². The van der Waals surface area contributed by atoms with Crippen molar-refractivity contribution in [1.82, 2.24) is 24.9 Å². The molecule has 3 N–H and O–H groups in total. The Morgan fingerprint density at radius 3 is 2.00 bits per heavy atom. The fraction of sp³-hybridized carbons (Fsp3) is 0.641. The van der Waals surface area contributed by atoms with Crippen molar-refractivity contribution >= 4 is 34.7 Å². The van der Waals surface area contributed by atoms with E-state index in [0.29, 0.717) is 47.5 Å². The number of thiocarbonyl (C=S) groups is 2. The van der Waals surface area contributed by atoms with Gasteiger partial charge in [0.1, 0.15) is 11.5 Å². The maximum absolute atomic E-state index is 9.94. The van der Waals surface area contributed by atoms with Gasteiger partial charge in [-0.1, -0.05) is 63.8 Å². The van der Waals surface area contributed by atoms with Gasteiger partial charge in [0.05, 0.1) is 12.1 Å². The zero-order valence-corrected chi connectivity index (χ0v) is 30.7. The number of benzene rings is 2. The van der Waals surface area contributed by atoms with E-state index in [2.05, 4.69) is 50.9 Å². The molecule has 3 saturated heterocycles. The topological polar surface area (TPSA) is 65.4 Å². The van der Waals surface area contributed by atoms with Gasteiger partial charge in [0.15, 0.2) is 10.2 Å². The molecule has 4 atom stereocenters. The molecule has 2 aromatic rings. The summed E-state index contributed by atoms with van der Waals surface area (Å²) in [6, 6.07) is 16.9. The minimum Gasteiger partial charge on any atom is -0.508 e. The summed E-state index contributed by atoms with van der Waals surface area (Å²) in [7, 11) is 0. The van der Waals surface area contributed by atoms with Crippen LogP contribution in [-0.4, -0.2) is 103 Å². The number of hydrogen-bond acceptors (Lipinski definition) is 5. The summed E-state index contributed by atoms with van der Waals surface area (Å²) in [5, 5.41) is 25.1. The molecule has 0 spiro atoms. The molecule has 48 heavy (non-hydrogen) atoms. The molecule has 262 valence electrons. The summed E-state index contributed by atoms with van der Waals surface area (Å²) in [6.07, 6.45) is 13.5. The normalized spacial score (nSPS) is 24.9. The summed E-state index contributed by atoms with van der Waals surface area (Å²) in [5.41, 5.74) is 2.50. The molecular weight excluding hydrogens is 635 g/mol. The van der Waals surface area contributed by atoms with E-state index in [-0.39, 0.29) is 0 Å². The predicted molar refractivity (Wildman–Crippen MR) is 204 cm³/mol. The summed E-state index contributed by atoms with van der Waals surface area (Å²) in [6.45, 7) is 10.7. The van der Waals surface area contributed by atoms with Crippen molar-refractivity contribution in [3.63, 3.8) is 0 Å². The van der Waals surface area contributed by atoms with E-state index < -0.39 is 0 Å². The van der Waals surface area contributed by atoms with Crippen LogP contribution in [0.1, 0.15) is 82.8 Å². The largest absolute Gasteiger partial charge is 0.508 e. The Kier molecular flexibility index (Phi) is 12.0. The van der Waals surface area contributed by atoms with Crippen molar-refractivity contribution in [2.45, 2.75) is 109 Å². The Morgan fingerprint density at radius 1 is 0.750 bits per heavy atom. The predicted octanol–water partition coefficient (Wildman–Crippen LogP) is 6.56. The smallest absolute Gasteiger partial charge is 0.172 e. The van der Waals surface area contributed by atoms with Crippen LogP contribution >= 0.6 is 24.4 Å². The van der Waals surface area contributed by atoms with E-state index in [0.717, 1.165) is 68.8 Å². The molecule has 9 heteroatoms. The Morgan fingerprint density at radius 2 is 1.38 bits per heavy atom. The van der Waals surface area contributed by atoms with Gasteiger partial charge in [-0.2, -0.15) is 0 Å². The third kappa shape index (κ3) is 8.94. The van der Waals surface area contributed by atoms with Gasteiger partial charge >= 0.3 is 0 Å². The van der Waals surface area contributed by atoms with Crippen LogP contribution in [0.25, 0.3) is 0 Å². The lowest BCUT2D eigenvalue weighted by atomic mass is 9.98. The Hall–Kier alpha value is -2.62. The van der Waals surface area contributed by atoms with Crippen LogP contribution in [0, 0.1) is 11.8 Å². The molecule has 4 fully saturated rings. The lowest BCUT2D eigenvalue weighted by molar-refractivity contribution is 0.149. The molecule has 1 saturated carbocycles. The summed E-state index contributed by atoms with van der Waals surface area (Å²) < 4.78 is 0. The zero-order chi connectivity index (χ0) is 33.6. The van der Waals surface area contributed by atoms with Gasteiger partial charge in [-0.15, -0.1) is 0 Å². The quantitative estimate of drug-likeness (QED) is 0.160. The highest BCUT2D eigenvalue weighted by Gasteiger charge is 2.41. The zero-order valence-electron chi connectivity index (χ0n) is 29.1. The fourth-order valence-electron chi connectivity index (χ4n) is 8.75. The SMILES string of the molecule is CC(C)C[C@@H](CN1CCC[C@@H]1CN1C(=S)NC[C@@H]1Cc1ccc(O)cc1)N1C[C@H](Cc2ccc(O)cc2)N(CC2CCCCCC2)C1=S. The molecule has 6 rings (SSSR count).